The van der Waals surface area contributed by atoms with Crippen LogP contribution in [0.25, 0.3) is 0 Å². The summed E-state index contributed by atoms with van der Waals surface area (Å²) in [5.74, 6) is 0.678. The Morgan fingerprint density at radius 1 is 1.50 bits per heavy atom. The van der Waals surface area contributed by atoms with Crippen LogP contribution >= 0.6 is 0 Å². The fraction of sp³-hybridized carbons (Fsp3) is 0.545. The van der Waals surface area contributed by atoms with E-state index < -0.39 is 0 Å². The van der Waals surface area contributed by atoms with Crippen LogP contribution in [0.5, 0.6) is 0 Å². The number of fused-ring (bicyclic) bond motifs is 1. The third-order valence-electron chi connectivity index (χ3n) is 2.70. The van der Waals surface area contributed by atoms with Gasteiger partial charge >= 0.3 is 0 Å². The van der Waals surface area contributed by atoms with Crippen molar-refractivity contribution in [1.29, 1.82) is 0 Å². The first-order valence-electron chi connectivity index (χ1n) is 5.66. The van der Waals surface area contributed by atoms with Crippen LogP contribution in [0.1, 0.15) is 36.5 Å². The molecule has 0 radical (unpaired) electrons. The number of hydrogen-bond donors (Lipinski definition) is 1. The Hall–Kier alpha value is -1.65. The standard InChI is InChI=1S/C11H16N4O/c1-2-3-4-5-15-8-14-11(16)9-6-12-7-13-10(9)15/h6-7H,2-5,8H2,1H3,(H,14,16). The van der Waals surface area contributed by atoms with E-state index in [1.807, 2.05) is 0 Å². The molecular weight excluding hydrogens is 204 g/mol. The van der Waals surface area contributed by atoms with E-state index in [1.165, 1.54) is 19.2 Å². The second-order valence-corrected chi connectivity index (χ2v) is 3.89. The van der Waals surface area contributed by atoms with E-state index in [-0.39, 0.29) is 5.91 Å². The summed E-state index contributed by atoms with van der Waals surface area (Å²) in [5, 5.41) is 2.82. The minimum atomic E-state index is -0.0812. The Labute approximate surface area is 94.9 Å². The molecule has 1 amide bonds. The van der Waals surface area contributed by atoms with Crippen LogP contribution in [0.4, 0.5) is 5.82 Å². The first-order valence-corrected chi connectivity index (χ1v) is 5.66. The molecule has 2 heterocycles. The van der Waals surface area contributed by atoms with Gasteiger partial charge in [0, 0.05) is 12.7 Å². The van der Waals surface area contributed by atoms with Gasteiger partial charge in [-0.2, -0.15) is 0 Å². The summed E-state index contributed by atoms with van der Waals surface area (Å²) in [4.78, 5) is 21.7. The van der Waals surface area contributed by atoms with E-state index in [0.717, 1.165) is 18.8 Å². The van der Waals surface area contributed by atoms with Crippen LogP contribution in [0.3, 0.4) is 0 Å². The quantitative estimate of drug-likeness (QED) is 0.774. The molecule has 5 nitrogen and oxygen atoms in total. The van der Waals surface area contributed by atoms with E-state index in [1.54, 1.807) is 6.20 Å². The number of carbonyl (C=O) groups is 1. The third-order valence-corrected chi connectivity index (χ3v) is 2.70. The zero-order valence-corrected chi connectivity index (χ0v) is 9.44. The summed E-state index contributed by atoms with van der Waals surface area (Å²) in [6.45, 7) is 3.65. The van der Waals surface area contributed by atoms with Crippen molar-refractivity contribution in [3.8, 4) is 0 Å². The lowest BCUT2D eigenvalue weighted by Gasteiger charge is -2.29. The molecular formula is C11H16N4O. The van der Waals surface area contributed by atoms with Crippen molar-refractivity contribution in [3.63, 3.8) is 0 Å². The number of rotatable bonds is 4. The average molecular weight is 220 g/mol. The van der Waals surface area contributed by atoms with E-state index in [2.05, 4.69) is 27.1 Å². The molecule has 0 atom stereocenters. The molecule has 86 valence electrons. The van der Waals surface area contributed by atoms with Gasteiger partial charge in [0.15, 0.2) is 0 Å². The van der Waals surface area contributed by atoms with E-state index in [0.29, 0.717) is 12.2 Å². The summed E-state index contributed by atoms with van der Waals surface area (Å²) in [6, 6.07) is 0. The molecule has 5 heteroatoms. The summed E-state index contributed by atoms with van der Waals surface area (Å²) < 4.78 is 0. The van der Waals surface area contributed by atoms with Gasteiger partial charge in [0.2, 0.25) is 0 Å². The first-order chi connectivity index (χ1) is 7.83. The summed E-state index contributed by atoms with van der Waals surface area (Å²) in [5.41, 5.74) is 0.574. The van der Waals surface area contributed by atoms with Crippen molar-refractivity contribution in [3.05, 3.63) is 18.1 Å². The van der Waals surface area contributed by atoms with Crippen LogP contribution in [0.15, 0.2) is 12.5 Å². The Bertz CT molecular complexity index is 380. The molecule has 1 aliphatic rings. The number of anilines is 1. The third kappa shape index (κ3) is 2.13. The topological polar surface area (TPSA) is 58.1 Å². The maximum absolute atomic E-state index is 11.5. The SMILES string of the molecule is CCCCCN1CNC(=O)c2cncnc21. The van der Waals surface area contributed by atoms with Gasteiger partial charge in [-0.05, 0) is 6.42 Å². The molecule has 1 aromatic heterocycles. The van der Waals surface area contributed by atoms with Crippen molar-refractivity contribution >= 4 is 11.7 Å². The van der Waals surface area contributed by atoms with Crippen LogP contribution in [0.2, 0.25) is 0 Å². The molecule has 0 saturated carbocycles. The van der Waals surface area contributed by atoms with E-state index in [4.69, 9.17) is 0 Å². The predicted molar refractivity (Wildman–Crippen MR) is 61.2 cm³/mol. The Kier molecular flexibility index (Phi) is 3.34. The first kappa shape index (κ1) is 10.9. The second kappa shape index (κ2) is 4.92. The molecule has 0 aromatic carbocycles. The van der Waals surface area contributed by atoms with Crippen molar-refractivity contribution in [2.24, 2.45) is 0 Å². The lowest BCUT2D eigenvalue weighted by atomic mass is 10.2. The van der Waals surface area contributed by atoms with Gasteiger partial charge in [0.05, 0.1) is 6.67 Å². The molecule has 2 rings (SSSR count). The van der Waals surface area contributed by atoms with Crippen LogP contribution < -0.4 is 10.2 Å². The highest BCUT2D eigenvalue weighted by Crippen LogP contribution is 2.19. The van der Waals surface area contributed by atoms with Crippen LogP contribution in [-0.2, 0) is 0 Å². The Morgan fingerprint density at radius 2 is 2.38 bits per heavy atom. The number of nitrogens with one attached hydrogen (secondary N) is 1. The number of unbranched alkanes of at least 4 members (excludes halogenated alkanes) is 2. The minimum absolute atomic E-state index is 0.0812. The van der Waals surface area contributed by atoms with E-state index >= 15 is 0 Å². The largest absolute Gasteiger partial charge is 0.338 e. The van der Waals surface area contributed by atoms with Gasteiger partial charge in [-0.3, -0.25) is 4.79 Å². The molecule has 0 saturated heterocycles. The van der Waals surface area contributed by atoms with Gasteiger partial charge in [0.1, 0.15) is 17.7 Å². The smallest absolute Gasteiger partial charge is 0.258 e. The summed E-state index contributed by atoms with van der Waals surface area (Å²) >= 11 is 0. The van der Waals surface area contributed by atoms with Gasteiger partial charge < -0.3 is 10.2 Å². The molecule has 1 aromatic rings. The highest BCUT2D eigenvalue weighted by molar-refractivity contribution is 6.00. The average Bonchev–Trinajstić information content (AvgIpc) is 2.33. The molecule has 0 unspecified atom stereocenters. The lowest BCUT2D eigenvalue weighted by Crippen LogP contribution is -2.44. The number of amides is 1. The Morgan fingerprint density at radius 3 is 3.19 bits per heavy atom. The number of nitrogens with zero attached hydrogens (tertiary/aromatic N) is 3. The monoisotopic (exact) mass is 220 g/mol. The van der Waals surface area contributed by atoms with Gasteiger partial charge in [0.25, 0.3) is 5.91 Å². The lowest BCUT2D eigenvalue weighted by molar-refractivity contribution is 0.0946. The van der Waals surface area contributed by atoms with Gasteiger partial charge in [-0.15, -0.1) is 0 Å². The summed E-state index contributed by atoms with van der Waals surface area (Å²) in [6.07, 6.45) is 6.57. The van der Waals surface area contributed by atoms with Gasteiger partial charge in [-0.1, -0.05) is 19.8 Å². The van der Waals surface area contributed by atoms with Crippen molar-refractivity contribution in [1.82, 2.24) is 15.3 Å². The maximum atomic E-state index is 11.5. The molecule has 0 bridgehead atoms. The molecule has 0 aliphatic carbocycles. The number of hydrogen-bond acceptors (Lipinski definition) is 4. The molecule has 1 aliphatic heterocycles. The Balaban J connectivity index is 2.12. The molecule has 16 heavy (non-hydrogen) atoms. The molecule has 1 N–H and O–H groups in total. The van der Waals surface area contributed by atoms with Gasteiger partial charge in [-0.25, -0.2) is 9.97 Å². The van der Waals surface area contributed by atoms with Crippen molar-refractivity contribution < 1.29 is 4.79 Å². The highest BCUT2D eigenvalue weighted by atomic mass is 16.2. The number of carbonyl (C=O) groups excluding carboxylic acids is 1. The molecule has 0 spiro atoms. The summed E-state index contributed by atoms with van der Waals surface area (Å²) in [7, 11) is 0. The van der Waals surface area contributed by atoms with Crippen LogP contribution in [-0.4, -0.2) is 29.1 Å². The van der Waals surface area contributed by atoms with Crippen LogP contribution in [0, 0.1) is 0 Å². The van der Waals surface area contributed by atoms with Crippen molar-refractivity contribution in [2.75, 3.05) is 18.1 Å². The second-order valence-electron chi connectivity index (χ2n) is 3.89. The highest BCUT2D eigenvalue weighted by Gasteiger charge is 2.23. The predicted octanol–water partition coefficient (Wildman–Crippen LogP) is 1.17. The molecule has 0 fully saturated rings. The van der Waals surface area contributed by atoms with Crippen molar-refractivity contribution in [2.45, 2.75) is 26.2 Å². The zero-order valence-electron chi connectivity index (χ0n) is 9.44. The maximum Gasteiger partial charge on any atom is 0.258 e. The fourth-order valence-corrected chi connectivity index (χ4v) is 1.81. The van der Waals surface area contributed by atoms with E-state index in [9.17, 15) is 4.79 Å². The zero-order chi connectivity index (χ0) is 11.4. The normalized spacial score (nSPS) is 14.6. The minimum Gasteiger partial charge on any atom is -0.338 e. The fourth-order valence-electron chi connectivity index (χ4n) is 1.81. The number of aromatic nitrogens is 2.